The summed E-state index contributed by atoms with van der Waals surface area (Å²) in [6, 6.07) is 3.41. The van der Waals surface area contributed by atoms with Gasteiger partial charge in [-0.05, 0) is 18.9 Å². The minimum Gasteiger partial charge on any atom is -0.381 e. The molecule has 0 bridgehead atoms. The van der Waals surface area contributed by atoms with Crippen LogP contribution in [0.15, 0.2) is 23.1 Å². The molecule has 0 aliphatic carbocycles. The van der Waals surface area contributed by atoms with E-state index >= 15 is 0 Å². The van der Waals surface area contributed by atoms with E-state index in [0.29, 0.717) is 25.9 Å². The number of benzene rings is 1. The number of nitro benzene ring substituents is 1. The Morgan fingerprint density at radius 3 is 2.52 bits per heavy atom. The van der Waals surface area contributed by atoms with Crippen LogP contribution in [0.25, 0.3) is 0 Å². The summed E-state index contributed by atoms with van der Waals surface area (Å²) in [4.78, 5) is 9.91. The summed E-state index contributed by atoms with van der Waals surface area (Å²) in [7, 11) is -2.25. The number of ether oxygens (including phenoxy) is 1. The molecule has 0 amide bonds. The fourth-order valence-electron chi connectivity index (χ4n) is 2.25. The summed E-state index contributed by atoms with van der Waals surface area (Å²) in [5.41, 5.74) is -0.301. The number of non-ortho nitro benzene ring substituents is 1. The summed E-state index contributed by atoms with van der Waals surface area (Å²) >= 11 is 5.91. The fraction of sp³-hybridized carbons (Fsp3) is 0.500. The number of hydrogen-bond donors (Lipinski definition) is 0. The van der Waals surface area contributed by atoms with Crippen molar-refractivity contribution in [2.45, 2.75) is 23.8 Å². The number of methoxy groups -OCH3 is 1. The first kappa shape index (κ1) is 16.2. The van der Waals surface area contributed by atoms with Crippen molar-refractivity contribution in [3.05, 3.63) is 33.3 Å². The van der Waals surface area contributed by atoms with Gasteiger partial charge in [0.25, 0.3) is 5.69 Å². The maximum absolute atomic E-state index is 12.6. The van der Waals surface area contributed by atoms with Crippen molar-refractivity contribution < 1.29 is 18.1 Å². The molecule has 1 fully saturated rings. The molecule has 0 N–H and O–H groups in total. The number of rotatable bonds is 4. The zero-order valence-corrected chi connectivity index (χ0v) is 12.9. The van der Waals surface area contributed by atoms with Crippen molar-refractivity contribution in [1.82, 2.24) is 4.31 Å². The van der Waals surface area contributed by atoms with Crippen LogP contribution in [-0.4, -0.2) is 43.9 Å². The highest BCUT2D eigenvalue weighted by Crippen LogP contribution is 2.30. The molecule has 1 aromatic carbocycles. The number of nitro groups is 1. The highest BCUT2D eigenvalue weighted by atomic mass is 35.5. The van der Waals surface area contributed by atoms with E-state index in [2.05, 4.69) is 0 Å². The molecule has 116 valence electrons. The summed E-state index contributed by atoms with van der Waals surface area (Å²) in [5, 5.41) is 10.8. The Bertz CT molecular complexity index is 641. The molecule has 0 atom stereocenters. The van der Waals surface area contributed by atoms with Crippen LogP contribution >= 0.6 is 11.6 Å². The molecule has 0 aromatic heterocycles. The van der Waals surface area contributed by atoms with Gasteiger partial charge in [0.1, 0.15) is 4.90 Å². The van der Waals surface area contributed by atoms with Crippen molar-refractivity contribution in [3.63, 3.8) is 0 Å². The van der Waals surface area contributed by atoms with Crippen molar-refractivity contribution in [2.75, 3.05) is 20.2 Å². The highest BCUT2D eigenvalue weighted by molar-refractivity contribution is 7.89. The molecular formula is C12H15ClN2O5S. The van der Waals surface area contributed by atoms with Gasteiger partial charge in [0, 0.05) is 32.3 Å². The first-order valence-corrected chi connectivity index (χ1v) is 8.15. The Kier molecular flexibility index (Phi) is 4.82. The molecular weight excluding hydrogens is 320 g/mol. The van der Waals surface area contributed by atoms with E-state index in [1.54, 1.807) is 7.11 Å². The normalized spacial score (nSPS) is 17.8. The van der Waals surface area contributed by atoms with E-state index < -0.39 is 14.9 Å². The van der Waals surface area contributed by atoms with E-state index in [9.17, 15) is 18.5 Å². The largest absolute Gasteiger partial charge is 0.381 e. The molecule has 9 heteroatoms. The molecule has 0 radical (unpaired) electrons. The Labute approximate surface area is 127 Å². The maximum atomic E-state index is 12.6. The Balaban J connectivity index is 2.32. The van der Waals surface area contributed by atoms with E-state index in [1.807, 2.05) is 0 Å². The number of piperidine rings is 1. The van der Waals surface area contributed by atoms with Gasteiger partial charge in [0.15, 0.2) is 0 Å². The minimum absolute atomic E-state index is 0.0190. The summed E-state index contributed by atoms with van der Waals surface area (Å²) in [6.07, 6.45) is 1.21. The van der Waals surface area contributed by atoms with Gasteiger partial charge in [-0.3, -0.25) is 10.1 Å². The van der Waals surface area contributed by atoms with E-state index in [1.165, 1.54) is 16.4 Å². The predicted molar refractivity (Wildman–Crippen MR) is 76.9 cm³/mol. The van der Waals surface area contributed by atoms with Gasteiger partial charge < -0.3 is 4.74 Å². The van der Waals surface area contributed by atoms with Gasteiger partial charge in [-0.15, -0.1) is 0 Å². The predicted octanol–water partition coefficient (Wildman–Crippen LogP) is 2.05. The van der Waals surface area contributed by atoms with E-state index in [-0.39, 0.29) is 21.7 Å². The van der Waals surface area contributed by atoms with Crippen LogP contribution in [0.2, 0.25) is 5.02 Å². The number of sulfonamides is 1. The quantitative estimate of drug-likeness (QED) is 0.621. The Morgan fingerprint density at radius 2 is 2.00 bits per heavy atom. The highest BCUT2D eigenvalue weighted by Gasteiger charge is 2.31. The average molecular weight is 335 g/mol. The second-order valence-corrected chi connectivity index (χ2v) is 7.02. The monoisotopic (exact) mass is 334 g/mol. The summed E-state index contributed by atoms with van der Waals surface area (Å²) in [6.45, 7) is 0.611. The van der Waals surface area contributed by atoms with E-state index in [4.69, 9.17) is 16.3 Å². The van der Waals surface area contributed by atoms with Crippen molar-refractivity contribution >= 4 is 27.3 Å². The third kappa shape index (κ3) is 3.34. The van der Waals surface area contributed by atoms with Crippen molar-refractivity contribution in [1.29, 1.82) is 0 Å². The van der Waals surface area contributed by atoms with Crippen LogP contribution in [0.3, 0.4) is 0 Å². The summed E-state index contributed by atoms with van der Waals surface area (Å²) < 4.78 is 31.6. The van der Waals surface area contributed by atoms with Gasteiger partial charge in [-0.1, -0.05) is 11.6 Å². The van der Waals surface area contributed by atoms with E-state index in [0.717, 1.165) is 6.07 Å². The number of nitrogens with zero attached hydrogens (tertiary/aromatic N) is 2. The van der Waals surface area contributed by atoms with Crippen LogP contribution in [-0.2, 0) is 14.8 Å². The molecule has 1 aliphatic heterocycles. The second kappa shape index (κ2) is 6.27. The zero-order chi connectivity index (χ0) is 15.6. The van der Waals surface area contributed by atoms with Gasteiger partial charge in [-0.2, -0.15) is 4.31 Å². The topological polar surface area (TPSA) is 89.8 Å². The standard InChI is InChI=1S/C12H15ClN2O5S/c1-20-10-4-6-14(7-5-10)21(18,19)12-8-9(15(16)17)2-3-11(12)13/h2-3,8,10H,4-7H2,1H3. The molecule has 21 heavy (non-hydrogen) atoms. The molecule has 0 saturated carbocycles. The fourth-order valence-corrected chi connectivity index (χ4v) is 4.21. The van der Waals surface area contributed by atoms with Gasteiger partial charge in [0.05, 0.1) is 16.0 Å². The van der Waals surface area contributed by atoms with Crippen molar-refractivity contribution in [3.8, 4) is 0 Å². The SMILES string of the molecule is COC1CCN(S(=O)(=O)c2cc([N+](=O)[O-])ccc2Cl)CC1. The Hall–Kier alpha value is -1.22. The van der Waals surface area contributed by atoms with Crippen LogP contribution in [0.4, 0.5) is 5.69 Å². The van der Waals surface area contributed by atoms with Crippen LogP contribution in [0.5, 0.6) is 0 Å². The third-order valence-electron chi connectivity index (χ3n) is 3.48. The molecule has 1 saturated heterocycles. The smallest absolute Gasteiger partial charge is 0.270 e. The minimum atomic E-state index is -3.84. The summed E-state index contributed by atoms with van der Waals surface area (Å²) in [5.74, 6) is 0. The molecule has 7 nitrogen and oxygen atoms in total. The van der Waals surface area contributed by atoms with Crippen LogP contribution in [0, 0.1) is 10.1 Å². The Morgan fingerprint density at radius 1 is 1.38 bits per heavy atom. The first-order valence-electron chi connectivity index (χ1n) is 6.33. The van der Waals surface area contributed by atoms with Gasteiger partial charge in [-0.25, -0.2) is 8.42 Å². The second-order valence-electron chi connectivity index (χ2n) is 4.71. The lowest BCUT2D eigenvalue weighted by atomic mass is 10.1. The third-order valence-corrected chi connectivity index (χ3v) is 5.86. The number of hydrogen-bond acceptors (Lipinski definition) is 5. The molecule has 0 spiro atoms. The number of halogens is 1. The van der Waals surface area contributed by atoms with Crippen molar-refractivity contribution in [2.24, 2.45) is 0 Å². The lowest BCUT2D eigenvalue weighted by Gasteiger charge is -2.30. The molecule has 0 unspecified atom stereocenters. The zero-order valence-electron chi connectivity index (χ0n) is 11.4. The average Bonchev–Trinajstić information content (AvgIpc) is 2.47. The molecule has 1 aromatic rings. The van der Waals surface area contributed by atoms with Gasteiger partial charge in [0.2, 0.25) is 10.0 Å². The lowest BCUT2D eigenvalue weighted by molar-refractivity contribution is -0.385. The molecule has 1 aliphatic rings. The first-order chi connectivity index (χ1) is 9.86. The van der Waals surface area contributed by atoms with Gasteiger partial charge >= 0.3 is 0 Å². The molecule has 1 heterocycles. The van der Waals surface area contributed by atoms with Crippen LogP contribution < -0.4 is 0 Å². The lowest BCUT2D eigenvalue weighted by Crippen LogP contribution is -2.40. The maximum Gasteiger partial charge on any atom is 0.270 e. The molecule has 2 rings (SSSR count). The van der Waals surface area contributed by atoms with Crippen LogP contribution in [0.1, 0.15) is 12.8 Å².